The van der Waals surface area contributed by atoms with Gasteiger partial charge in [-0.2, -0.15) is 0 Å². The summed E-state index contributed by atoms with van der Waals surface area (Å²) in [4.78, 5) is 37.8. The molecule has 0 aromatic heterocycles. The van der Waals surface area contributed by atoms with Crippen LogP contribution in [0.5, 0.6) is 0 Å². The molecule has 324 valence electrons. The molecule has 0 heterocycles. The van der Waals surface area contributed by atoms with Crippen molar-refractivity contribution in [3.8, 4) is 0 Å². The highest BCUT2D eigenvalue weighted by Gasteiger charge is 2.19. The van der Waals surface area contributed by atoms with Crippen molar-refractivity contribution < 1.29 is 28.6 Å². The van der Waals surface area contributed by atoms with Crippen molar-refractivity contribution in [3.63, 3.8) is 0 Å². The van der Waals surface area contributed by atoms with Crippen LogP contribution < -0.4 is 0 Å². The Bertz CT molecular complexity index is 996. The fraction of sp³-hybridized carbons (Fsp3) is 0.780. The number of unbranched alkanes of at least 4 members (excludes halogenated alkanes) is 23. The van der Waals surface area contributed by atoms with E-state index in [1.165, 1.54) is 96.3 Å². The fourth-order valence-corrected chi connectivity index (χ4v) is 6.45. The second kappa shape index (κ2) is 45.1. The first-order chi connectivity index (χ1) is 27.5. The predicted octanol–water partition coefficient (Wildman–Crippen LogP) is 15.1. The van der Waals surface area contributed by atoms with Gasteiger partial charge in [0.15, 0.2) is 6.10 Å². The second-order valence-corrected chi connectivity index (χ2v) is 15.6. The van der Waals surface area contributed by atoms with E-state index in [0.29, 0.717) is 19.3 Å². The normalized spacial score (nSPS) is 12.4. The summed E-state index contributed by atoms with van der Waals surface area (Å²) in [5.74, 6) is -0.913. The fourth-order valence-electron chi connectivity index (χ4n) is 6.45. The zero-order chi connectivity index (χ0) is 40.8. The molecule has 0 bridgehead atoms. The van der Waals surface area contributed by atoms with Crippen molar-refractivity contribution in [2.24, 2.45) is 0 Å². The van der Waals surface area contributed by atoms with E-state index in [2.05, 4.69) is 69.4 Å². The van der Waals surface area contributed by atoms with Gasteiger partial charge >= 0.3 is 17.9 Å². The van der Waals surface area contributed by atoms with Gasteiger partial charge in [-0.25, -0.2) is 0 Å². The molecule has 56 heavy (non-hydrogen) atoms. The first kappa shape index (κ1) is 53.4. The first-order valence-corrected chi connectivity index (χ1v) is 23.6. The van der Waals surface area contributed by atoms with E-state index in [-0.39, 0.29) is 31.1 Å². The summed E-state index contributed by atoms with van der Waals surface area (Å²) in [7, 11) is 0. The van der Waals surface area contributed by atoms with Crippen LogP contribution in [-0.2, 0) is 28.6 Å². The van der Waals surface area contributed by atoms with Gasteiger partial charge in [-0.1, -0.05) is 172 Å². The molecule has 0 spiro atoms. The number of esters is 3. The number of ether oxygens (including phenoxy) is 3. The van der Waals surface area contributed by atoms with Crippen molar-refractivity contribution in [1.29, 1.82) is 0 Å². The molecule has 0 aliphatic heterocycles. The van der Waals surface area contributed by atoms with Crippen LogP contribution in [0.4, 0.5) is 0 Å². The number of rotatable bonds is 42. The maximum absolute atomic E-state index is 12.7. The van der Waals surface area contributed by atoms with Gasteiger partial charge in [0, 0.05) is 19.3 Å². The molecule has 6 heteroatoms. The minimum absolute atomic E-state index is 0.0836. The smallest absolute Gasteiger partial charge is 0.306 e. The van der Waals surface area contributed by atoms with E-state index >= 15 is 0 Å². The van der Waals surface area contributed by atoms with E-state index in [9.17, 15) is 14.4 Å². The van der Waals surface area contributed by atoms with Gasteiger partial charge in [0.2, 0.25) is 0 Å². The molecule has 0 aromatic carbocycles. The molecule has 1 unspecified atom stereocenters. The molecular formula is C50H88O6. The Kier molecular flexibility index (Phi) is 43.0. The molecule has 6 nitrogen and oxygen atoms in total. The molecule has 0 N–H and O–H groups in total. The predicted molar refractivity (Wildman–Crippen MR) is 238 cm³/mol. The second-order valence-electron chi connectivity index (χ2n) is 15.6. The van der Waals surface area contributed by atoms with Crippen LogP contribution in [0, 0.1) is 0 Å². The standard InChI is InChI=1S/C50H88O6/c1-4-7-10-13-16-19-22-24-25-26-29-31-34-37-40-43-49(52)55-46-47(45-54-48(51)42-39-36-33-30-27-21-18-15-12-9-6-3)56-50(53)44-41-38-35-32-28-23-20-17-14-11-8-5-2/h8,11,15,17-20,22,47H,4-7,9-10,12-14,16,21,23-46H2,1-3H3/b11-8-,18-15-,20-17-,22-19-. The third-order valence-electron chi connectivity index (χ3n) is 10.0. The Labute approximate surface area is 346 Å². The monoisotopic (exact) mass is 785 g/mol. The molecule has 0 fully saturated rings. The topological polar surface area (TPSA) is 78.9 Å². The molecular weight excluding hydrogens is 697 g/mol. The van der Waals surface area contributed by atoms with Crippen molar-refractivity contribution in [2.45, 2.75) is 239 Å². The lowest BCUT2D eigenvalue weighted by atomic mass is 10.1. The average molecular weight is 785 g/mol. The van der Waals surface area contributed by atoms with Crippen molar-refractivity contribution in [1.82, 2.24) is 0 Å². The Balaban J connectivity index is 4.38. The van der Waals surface area contributed by atoms with Crippen LogP contribution in [0.1, 0.15) is 233 Å². The summed E-state index contributed by atoms with van der Waals surface area (Å²) < 4.78 is 16.7. The quantitative estimate of drug-likeness (QED) is 0.0265. The van der Waals surface area contributed by atoms with Gasteiger partial charge in [-0.05, 0) is 89.9 Å². The number of hydrogen-bond donors (Lipinski definition) is 0. The van der Waals surface area contributed by atoms with Gasteiger partial charge in [-0.15, -0.1) is 0 Å². The van der Waals surface area contributed by atoms with Crippen LogP contribution >= 0.6 is 0 Å². The van der Waals surface area contributed by atoms with E-state index in [4.69, 9.17) is 14.2 Å². The van der Waals surface area contributed by atoms with Gasteiger partial charge in [-0.3, -0.25) is 14.4 Å². The summed E-state index contributed by atoms with van der Waals surface area (Å²) in [6.07, 6.45) is 52.3. The molecule has 0 saturated heterocycles. The van der Waals surface area contributed by atoms with Gasteiger partial charge in [0.1, 0.15) is 13.2 Å². The third kappa shape index (κ3) is 42.5. The first-order valence-electron chi connectivity index (χ1n) is 23.6. The summed E-state index contributed by atoms with van der Waals surface area (Å²) in [6, 6.07) is 0. The average Bonchev–Trinajstić information content (AvgIpc) is 3.19. The Morgan fingerprint density at radius 1 is 0.375 bits per heavy atom. The Hall–Kier alpha value is -2.63. The van der Waals surface area contributed by atoms with Crippen molar-refractivity contribution in [2.75, 3.05) is 13.2 Å². The van der Waals surface area contributed by atoms with Crippen LogP contribution in [-0.4, -0.2) is 37.2 Å². The van der Waals surface area contributed by atoms with Crippen LogP contribution in [0.15, 0.2) is 48.6 Å². The number of allylic oxidation sites excluding steroid dienone is 8. The molecule has 0 radical (unpaired) electrons. The summed E-state index contributed by atoms with van der Waals surface area (Å²) >= 11 is 0. The highest BCUT2D eigenvalue weighted by atomic mass is 16.6. The molecule has 0 aliphatic carbocycles. The van der Waals surface area contributed by atoms with E-state index in [1.807, 2.05) is 0 Å². The van der Waals surface area contributed by atoms with Crippen molar-refractivity contribution >= 4 is 17.9 Å². The summed E-state index contributed by atoms with van der Waals surface area (Å²) in [5, 5.41) is 0. The van der Waals surface area contributed by atoms with Crippen molar-refractivity contribution in [3.05, 3.63) is 48.6 Å². The highest BCUT2D eigenvalue weighted by molar-refractivity contribution is 5.71. The maximum atomic E-state index is 12.7. The van der Waals surface area contributed by atoms with Gasteiger partial charge < -0.3 is 14.2 Å². The lowest BCUT2D eigenvalue weighted by Crippen LogP contribution is -2.30. The zero-order valence-electron chi connectivity index (χ0n) is 36.9. The molecule has 0 aliphatic rings. The minimum Gasteiger partial charge on any atom is -0.462 e. The van der Waals surface area contributed by atoms with E-state index < -0.39 is 6.10 Å². The van der Waals surface area contributed by atoms with Gasteiger partial charge in [0.05, 0.1) is 0 Å². The SMILES string of the molecule is CC/C=C\C/C=C\CCCCCCCC(=O)OC(COC(=O)CCCCCCC/C=C\CCCC)COC(=O)CCCCCCCCC/C=C\CCCCCC. The Morgan fingerprint density at radius 2 is 0.714 bits per heavy atom. The van der Waals surface area contributed by atoms with Crippen LogP contribution in [0.25, 0.3) is 0 Å². The lowest BCUT2D eigenvalue weighted by molar-refractivity contribution is -0.167. The highest BCUT2D eigenvalue weighted by Crippen LogP contribution is 2.14. The van der Waals surface area contributed by atoms with Crippen LogP contribution in [0.3, 0.4) is 0 Å². The summed E-state index contributed by atoms with van der Waals surface area (Å²) in [6.45, 7) is 6.45. The zero-order valence-corrected chi connectivity index (χ0v) is 36.9. The van der Waals surface area contributed by atoms with Crippen LogP contribution in [0.2, 0.25) is 0 Å². The lowest BCUT2D eigenvalue weighted by Gasteiger charge is -2.18. The molecule has 0 amide bonds. The maximum Gasteiger partial charge on any atom is 0.306 e. The summed E-state index contributed by atoms with van der Waals surface area (Å²) in [5.41, 5.74) is 0. The Morgan fingerprint density at radius 3 is 1.14 bits per heavy atom. The minimum atomic E-state index is -0.782. The molecule has 0 rings (SSSR count). The largest absolute Gasteiger partial charge is 0.462 e. The number of carbonyl (C=O) groups is 3. The molecule has 0 aromatic rings. The van der Waals surface area contributed by atoms with E-state index in [1.54, 1.807) is 0 Å². The third-order valence-corrected chi connectivity index (χ3v) is 10.0. The number of carbonyl (C=O) groups excluding carboxylic acids is 3. The number of hydrogen-bond acceptors (Lipinski definition) is 6. The molecule has 1 atom stereocenters. The molecule has 0 saturated carbocycles. The van der Waals surface area contributed by atoms with E-state index in [0.717, 1.165) is 96.3 Å². The van der Waals surface area contributed by atoms with Gasteiger partial charge in [0.25, 0.3) is 0 Å².